The van der Waals surface area contributed by atoms with E-state index in [0.29, 0.717) is 6.04 Å². The molecule has 0 aliphatic carbocycles. The lowest BCUT2D eigenvalue weighted by Crippen LogP contribution is -2.54. The molecule has 2 N–H and O–H groups in total. The maximum Gasteiger partial charge on any atom is 0.0616 e. The first kappa shape index (κ1) is 14.2. The van der Waals surface area contributed by atoms with Crippen molar-refractivity contribution in [1.29, 1.82) is 0 Å². The minimum absolute atomic E-state index is 0.234. The average Bonchev–Trinajstić information content (AvgIpc) is 2.53. The van der Waals surface area contributed by atoms with Gasteiger partial charge in [0.25, 0.3) is 0 Å². The van der Waals surface area contributed by atoms with E-state index in [0.717, 1.165) is 44.1 Å². The summed E-state index contributed by atoms with van der Waals surface area (Å²) in [5.74, 6) is 0. The first-order valence-corrected chi connectivity index (χ1v) is 7.76. The van der Waals surface area contributed by atoms with Crippen LogP contribution in [0.2, 0.25) is 0 Å². The molecule has 2 heterocycles. The summed E-state index contributed by atoms with van der Waals surface area (Å²) in [6.45, 7) is 13.7. The lowest BCUT2D eigenvalue weighted by atomic mass is 9.80. The Balaban J connectivity index is 2.06. The predicted octanol–water partition coefficient (Wildman–Crippen LogP) is 2.49. The Kier molecular flexibility index (Phi) is 4.29. The lowest BCUT2D eigenvalue weighted by molar-refractivity contribution is 0.0305. The van der Waals surface area contributed by atoms with Gasteiger partial charge in [0.05, 0.1) is 5.03 Å². The van der Waals surface area contributed by atoms with E-state index in [4.69, 9.17) is 4.74 Å². The van der Waals surface area contributed by atoms with Crippen LogP contribution in [-0.2, 0) is 4.74 Å². The Bertz CT molecular complexity index is 305. The zero-order valence-electron chi connectivity index (χ0n) is 11.8. The van der Waals surface area contributed by atoms with Crippen molar-refractivity contribution in [3.8, 4) is 0 Å². The van der Waals surface area contributed by atoms with E-state index in [1.54, 1.807) is 0 Å². The SMILES string of the molecule is C=C1NC(CC2(NCC)CCOCC2)C(C)(C)S1. The smallest absolute Gasteiger partial charge is 0.0616 e. The van der Waals surface area contributed by atoms with Crippen LogP contribution in [0.1, 0.15) is 40.0 Å². The van der Waals surface area contributed by atoms with Crippen molar-refractivity contribution in [3.63, 3.8) is 0 Å². The molecule has 1 atom stereocenters. The van der Waals surface area contributed by atoms with Crippen molar-refractivity contribution in [3.05, 3.63) is 11.6 Å². The van der Waals surface area contributed by atoms with Gasteiger partial charge in [0.1, 0.15) is 0 Å². The predicted molar refractivity (Wildman–Crippen MR) is 78.8 cm³/mol. The first-order chi connectivity index (χ1) is 8.47. The number of thioether (sulfide) groups is 1. The summed E-state index contributed by atoms with van der Waals surface area (Å²) in [6.07, 6.45) is 3.39. The van der Waals surface area contributed by atoms with Gasteiger partial charge in [-0.3, -0.25) is 0 Å². The first-order valence-electron chi connectivity index (χ1n) is 6.95. The maximum atomic E-state index is 5.53. The zero-order chi connectivity index (χ0) is 13.2. The fourth-order valence-corrected chi connectivity index (χ4v) is 4.18. The molecule has 104 valence electrons. The second-order valence-corrected chi connectivity index (χ2v) is 7.70. The largest absolute Gasteiger partial charge is 0.381 e. The zero-order valence-corrected chi connectivity index (χ0v) is 12.7. The third kappa shape index (κ3) is 3.03. The summed E-state index contributed by atoms with van der Waals surface area (Å²) in [5.41, 5.74) is 0.243. The van der Waals surface area contributed by atoms with Crippen molar-refractivity contribution in [2.45, 2.75) is 56.4 Å². The molecule has 4 heteroatoms. The van der Waals surface area contributed by atoms with Gasteiger partial charge in [-0.25, -0.2) is 0 Å². The number of rotatable bonds is 4. The van der Waals surface area contributed by atoms with E-state index in [1.165, 1.54) is 0 Å². The average molecular weight is 270 g/mol. The van der Waals surface area contributed by atoms with E-state index in [-0.39, 0.29) is 10.3 Å². The molecule has 0 amide bonds. The van der Waals surface area contributed by atoms with Gasteiger partial charge in [0.15, 0.2) is 0 Å². The van der Waals surface area contributed by atoms with Crippen LogP contribution in [0.4, 0.5) is 0 Å². The summed E-state index contributed by atoms with van der Waals surface area (Å²) >= 11 is 1.87. The van der Waals surface area contributed by atoms with Crippen molar-refractivity contribution in [1.82, 2.24) is 10.6 Å². The van der Waals surface area contributed by atoms with Gasteiger partial charge in [-0.1, -0.05) is 13.5 Å². The number of nitrogens with one attached hydrogen (secondary N) is 2. The van der Waals surface area contributed by atoms with Crippen molar-refractivity contribution >= 4 is 11.8 Å². The van der Waals surface area contributed by atoms with E-state index in [2.05, 4.69) is 38.0 Å². The highest BCUT2D eigenvalue weighted by Crippen LogP contribution is 2.43. The maximum absolute atomic E-state index is 5.53. The minimum atomic E-state index is 0.234. The molecule has 2 aliphatic heterocycles. The molecule has 18 heavy (non-hydrogen) atoms. The van der Waals surface area contributed by atoms with Crippen LogP contribution in [-0.4, -0.2) is 36.1 Å². The highest BCUT2D eigenvalue weighted by Gasteiger charge is 2.43. The minimum Gasteiger partial charge on any atom is -0.381 e. The number of ether oxygens (including phenoxy) is 1. The molecule has 0 aromatic carbocycles. The van der Waals surface area contributed by atoms with Gasteiger partial charge in [-0.05, 0) is 39.7 Å². The molecular weight excluding hydrogens is 244 g/mol. The number of hydrogen-bond donors (Lipinski definition) is 2. The fourth-order valence-electron chi connectivity index (χ4n) is 3.06. The molecule has 0 aromatic heterocycles. The van der Waals surface area contributed by atoms with Crippen molar-refractivity contribution in [2.75, 3.05) is 19.8 Å². The van der Waals surface area contributed by atoms with Crippen LogP contribution >= 0.6 is 11.8 Å². The molecule has 0 spiro atoms. The van der Waals surface area contributed by atoms with Crippen LogP contribution in [0.3, 0.4) is 0 Å². The summed E-state index contributed by atoms with van der Waals surface area (Å²) in [7, 11) is 0. The molecule has 0 radical (unpaired) electrons. The fraction of sp³-hybridized carbons (Fsp3) is 0.857. The highest BCUT2D eigenvalue weighted by molar-refractivity contribution is 8.04. The summed E-state index contributed by atoms with van der Waals surface area (Å²) < 4.78 is 5.76. The highest BCUT2D eigenvalue weighted by atomic mass is 32.2. The van der Waals surface area contributed by atoms with Crippen LogP contribution in [0.5, 0.6) is 0 Å². The molecule has 2 fully saturated rings. The summed E-state index contributed by atoms with van der Waals surface area (Å²) in [4.78, 5) is 0. The van der Waals surface area contributed by atoms with Gasteiger partial charge in [-0.2, -0.15) is 0 Å². The monoisotopic (exact) mass is 270 g/mol. The lowest BCUT2D eigenvalue weighted by Gasteiger charge is -2.42. The molecule has 3 nitrogen and oxygen atoms in total. The third-order valence-electron chi connectivity index (χ3n) is 4.16. The van der Waals surface area contributed by atoms with Gasteiger partial charge in [0, 0.05) is 29.5 Å². The normalized spacial score (nSPS) is 30.2. The topological polar surface area (TPSA) is 33.3 Å². The number of hydrogen-bond acceptors (Lipinski definition) is 4. The molecule has 0 saturated carbocycles. The van der Waals surface area contributed by atoms with Crippen LogP contribution in [0.25, 0.3) is 0 Å². The Morgan fingerprint density at radius 3 is 2.61 bits per heavy atom. The molecule has 2 aliphatic rings. The quantitative estimate of drug-likeness (QED) is 0.822. The third-order valence-corrected chi connectivity index (χ3v) is 5.33. The van der Waals surface area contributed by atoms with Crippen LogP contribution in [0.15, 0.2) is 11.6 Å². The molecule has 1 unspecified atom stereocenters. The van der Waals surface area contributed by atoms with E-state index >= 15 is 0 Å². The second-order valence-electron chi connectivity index (χ2n) is 5.95. The summed E-state index contributed by atoms with van der Waals surface area (Å²) in [5, 5.41) is 8.40. The molecular formula is C14H26N2OS. The Labute approximate surface area is 115 Å². The molecule has 0 aromatic rings. The Morgan fingerprint density at radius 2 is 2.11 bits per heavy atom. The van der Waals surface area contributed by atoms with Gasteiger partial charge in [0.2, 0.25) is 0 Å². The molecule has 2 rings (SSSR count). The Morgan fingerprint density at radius 1 is 1.44 bits per heavy atom. The second kappa shape index (κ2) is 5.43. The van der Waals surface area contributed by atoms with Gasteiger partial charge >= 0.3 is 0 Å². The van der Waals surface area contributed by atoms with E-state index in [9.17, 15) is 0 Å². The standard InChI is InChI=1S/C14H26N2OS/c1-5-15-14(6-8-17-9-7-14)10-12-13(3,4)18-11(2)16-12/h12,15-16H,2,5-10H2,1,3-4H3. The Hall–Kier alpha value is -0.190. The summed E-state index contributed by atoms with van der Waals surface area (Å²) in [6, 6.07) is 0.493. The van der Waals surface area contributed by atoms with E-state index in [1.807, 2.05) is 11.8 Å². The van der Waals surface area contributed by atoms with Crippen molar-refractivity contribution < 1.29 is 4.74 Å². The van der Waals surface area contributed by atoms with E-state index < -0.39 is 0 Å². The van der Waals surface area contributed by atoms with Gasteiger partial charge < -0.3 is 15.4 Å². The molecule has 2 saturated heterocycles. The van der Waals surface area contributed by atoms with Gasteiger partial charge in [-0.15, -0.1) is 11.8 Å². The molecule has 0 bridgehead atoms. The van der Waals surface area contributed by atoms with Crippen molar-refractivity contribution in [2.24, 2.45) is 0 Å². The van der Waals surface area contributed by atoms with Crippen LogP contribution < -0.4 is 10.6 Å². The van der Waals surface area contributed by atoms with Crippen LogP contribution in [0, 0.1) is 0 Å².